The molecule has 0 spiro atoms. The standard InChI is InChI=1S/C24H19N11O/c1-14-11-35(13-28-14)23-20-22(26-12-27-23)32-21(31-20)16-2-4-17(5-3-16)29-24(36)30-19-10-18(33-34-19)15-6-8-25-9-7-15/h2-13H,1H3,(H,26,27,31,32)(H3,29,30,33,34,36). The molecule has 0 aliphatic carbocycles. The predicted octanol–water partition coefficient (Wildman–Crippen LogP) is 3.94. The number of fused-ring (bicyclic) bond motifs is 1. The fraction of sp³-hybridized carbons (Fsp3) is 0.0417. The molecule has 36 heavy (non-hydrogen) atoms. The lowest BCUT2D eigenvalue weighted by molar-refractivity contribution is 0.262. The van der Waals surface area contributed by atoms with Crippen LogP contribution in [0.4, 0.5) is 16.3 Å². The summed E-state index contributed by atoms with van der Waals surface area (Å²) in [6, 6.07) is 12.4. The van der Waals surface area contributed by atoms with Crippen LogP contribution in [0.5, 0.6) is 0 Å². The molecule has 0 fully saturated rings. The molecule has 6 aromatic rings. The molecule has 0 aliphatic heterocycles. The number of amides is 2. The monoisotopic (exact) mass is 477 g/mol. The normalized spacial score (nSPS) is 11.0. The number of hydrogen-bond donors (Lipinski definition) is 4. The number of anilines is 2. The summed E-state index contributed by atoms with van der Waals surface area (Å²) in [6.45, 7) is 1.91. The fourth-order valence-electron chi connectivity index (χ4n) is 3.73. The number of H-pyrrole nitrogens is 2. The summed E-state index contributed by atoms with van der Waals surface area (Å²) < 4.78 is 1.81. The number of urea groups is 1. The summed E-state index contributed by atoms with van der Waals surface area (Å²) >= 11 is 0. The zero-order chi connectivity index (χ0) is 24.5. The molecule has 0 unspecified atom stereocenters. The molecule has 12 nitrogen and oxygen atoms in total. The van der Waals surface area contributed by atoms with Crippen molar-refractivity contribution < 1.29 is 4.79 Å². The Morgan fingerprint density at radius 2 is 1.81 bits per heavy atom. The molecule has 1 aromatic carbocycles. The van der Waals surface area contributed by atoms with E-state index in [1.807, 2.05) is 42.0 Å². The van der Waals surface area contributed by atoms with Crippen LogP contribution in [0.3, 0.4) is 0 Å². The zero-order valence-corrected chi connectivity index (χ0v) is 19.0. The molecule has 6 rings (SSSR count). The number of pyridine rings is 1. The Hall–Kier alpha value is -5.39. The van der Waals surface area contributed by atoms with Crippen molar-refractivity contribution in [2.45, 2.75) is 6.92 Å². The first-order valence-corrected chi connectivity index (χ1v) is 11.0. The van der Waals surface area contributed by atoms with Crippen LogP contribution < -0.4 is 10.6 Å². The smallest absolute Gasteiger partial charge is 0.322 e. The molecule has 2 amide bonds. The molecule has 0 bridgehead atoms. The van der Waals surface area contributed by atoms with Crippen molar-refractivity contribution in [3.63, 3.8) is 0 Å². The second-order valence-electron chi connectivity index (χ2n) is 7.96. The van der Waals surface area contributed by atoms with Gasteiger partial charge in [-0.05, 0) is 43.3 Å². The van der Waals surface area contributed by atoms with Crippen molar-refractivity contribution in [3.8, 4) is 28.5 Å². The number of nitrogens with one attached hydrogen (secondary N) is 4. The van der Waals surface area contributed by atoms with Crippen LogP contribution in [0.2, 0.25) is 0 Å². The van der Waals surface area contributed by atoms with Crippen molar-refractivity contribution in [1.82, 2.24) is 44.7 Å². The third-order valence-electron chi connectivity index (χ3n) is 5.44. The maximum Gasteiger partial charge on any atom is 0.324 e. The number of nitrogens with zero attached hydrogens (tertiary/aromatic N) is 7. The molecule has 176 valence electrons. The summed E-state index contributed by atoms with van der Waals surface area (Å²) in [5.41, 5.74) is 5.20. The van der Waals surface area contributed by atoms with Crippen LogP contribution in [0.1, 0.15) is 5.69 Å². The van der Waals surface area contributed by atoms with E-state index in [0.29, 0.717) is 40.0 Å². The average Bonchev–Trinajstić information content (AvgIpc) is 3.64. The third-order valence-corrected chi connectivity index (χ3v) is 5.44. The Labute approximate surface area is 203 Å². The Kier molecular flexibility index (Phi) is 5.15. The van der Waals surface area contributed by atoms with E-state index in [4.69, 9.17) is 4.98 Å². The second-order valence-corrected chi connectivity index (χ2v) is 7.96. The first-order chi connectivity index (χ1) is 17.6. The first kappa shape index (κ1) is 21.2. The molecule has 5 heterocycles. The van der Waals surface area contributed by atoms with Gasteiger partial charge in [0.25, 0.3) is 0 Å². The minimum absolute atomic E-state index is 0.396. The molecule has 0 aliphatic rings. The summed E-state index contributed by atoms with van der Waals surface area (Å²) in [5, 5.41) is 12.6. The van der Waals surface area contributed by atoms with Gasteiger partial charge in [-0.1, -0.05) is 0 Å². The van der Waals surface area contributed by atoms with Gasteiger partial charge >= 0.3 is 6.03 Å². The SMILES string of the molecule is Cc1cn(-c2ncnc3[nH]c(-c4ccc(NC(=O)Nc5cc(-c6ccncc6)n[nH]5)cc4)nc23)cn1. The molecule has 0 radical (unpaired) electrons. The Balaban J connectivity index is 1.16. The van der Waals surface area contributed by atoms with Crippen molar-refractivity contribution in [1.29, 1.82) is 0 Å². The fourth-order valence-corrected chi connectivity index (χ4v) is 3.73. The summed E-state index contributed by atoms with van der Waals surface area (Å²) in [6.07, 6.45) is 8.43. The Bertz CT molecular complexity index is 1670. The topological polar surface area (TPSA) is 155 Å². The molecule has 5 aromatic heterocycles. The van der Waals surface area contributed by atoms with Gasteiger partial charge in [-0.3, -0.25) is 20.0 Å². The number of aryl methyl sites for hydroxylation is 1. The van der Waals surface area contributed by atoms with E-state index >= 15 is 0 Å². The first-order valence-electron chi connectivity index (χ1n) is 11.0. The van der Waals surface area contributed by atoms with Crippen LogP contribution in [-0.4, -0.2) is 50.7 Å². The average molecular weight is 477 g/mol. The van der Waals surface area contributed by atoms with Crippen LogP contribution in [0.15, 0.2) is 73.7 Å². The number of rotatable bonds is 5. The Morgan fingerprint density at radius 1 is 0.972 bits per heavy atom. The molecule has 0 saturated carbocycles. The van der Waals surface area contributed by atoms with Crippen LogP contribution >= 0.6 is 0 Å². The highest BCUT2D eigenvalue weighted by molar-refractivity contribution is 5.99. The van der Waals surface area contributed by atoms with Gasteiger partial charge in [-0.2, -0.15) is 5.10 Å². The largest absolute Gasteiger partial charge is 0.324 e. The van der Waals surface area contributed by atoms with E-state index in [1.165, 1.54) is 6.33 Å². The van der Waals surface area contributed by atoms with Gasteiger partial charge in [-0.25, -0.2) is 24.7 Å². The molecular formula is C24H19N11O. The minimum atomic E-state index is -0.396. The van der Waals surface area contributed by atoms with Gasteiger partial charge in [0.15, 0.2) is 17.0 Å². The van der Waals surface area contributed by atoms with E-state index in [-0.39, 0.29) is 0 Å². The van der Waals surface area contributed by atoms with Gasteiger partial charge in [-0.15, -0.1) is 0 Å². The van der Waals surface area contributed by atoms with Crippen LogP contribution in [-0.2, 0) is 0 Å². The zero-order valence-electron chi connectivity index (χ0n) is 19.0. The Morgan fingerprint density at radius 3 is 2.58 bits per heavy atom. The van der Waals surface area contributed by atoms with Gasteiger partial charge in [0, 0.05) is 41.5 Å². The van der Waals surface area contributed by atoms with E-state index in [0.717, 1.165) is 16.8 Å². The van der Waals surface area contributed by atoms with E-state index in [1.54, 1.807) is 36.9 Å². The van der Waals surface area contributed by atoms with Crippen LogP contribution in [0, 0.1) is 6.92 Å². The highest BCUT2D eigenvalue weighted by atomic mass is 16.2. The number of aromatic amines is 2. The van der Waals surface area contributed by atoms with Gasteiger partial charge in [0.1, 0.15) is 24.3 Å². The summed E-state index contributed by atoms with van der Waals surface area (Å²) in [5.74, 6) is 1.76. The highest BCUT2D eigenvalue weighted by Crippen LogP contribution is 2.24. The van der Waals surface area contributed by atoms with Crippen molar-refractivity contribution >= 4 is 28.7 Å². The van der Waals surface area contributed by atoms with Crippen LogP contribution in [0.25, 0.3) is 39.6 Å². The van der Waals surface area contributed by atoms with Gasteiger partial charge in [0.2, 0.25) is 0 Å². The lowest BCUT2D eigenvalue weighted by Gasteiger charge is -2.06. The highest BCUT2D eigenvalue weighted by Gasteiger charge is 2.13. The number of aromatic nitrogens is 9. The van der Waals surface area contributed by atoms with Crippen molar-refractivity contribution in [2.24, 2.45) is 0 Å². The van der Waals surface area contributed by atoms with E-state index < -0.39 is 6.03 Å². The molecule has 0 atom stereocenters. The molecule has 0 saturated heterocycles. The quantitative estimate of drug-likeness (QED) is 0.293. The predicted molar refractivity (Wildman–Crippen MR) is 133 cm³/mol. The molecule has 4 N–H and O–H groups in total. The number of hydrogen-bond acceptors (Lipinski definition) is 7. The van der Waals surface area contributed by atoms with Crippen molar-refractivity contribution in [3.05, 3.63) is 79.4 Å². The maximum absolute atomic E-state index is 12.5. The molecular weight excluding hydrogens is 458 g/mol. The van der Waals surface area contributed by atoms with E-state index in [2.05, 4.69) is 45.8 Å². The lowest BCUT2D eigenvalue weighted by Crippen LogP contribution is -2.19. The lowest BCUT2D eigenvalue weighted by atomic mass is 10.2. The van der Waals surface area contributed by atoms with Gasteiger partial charge in [0.05, 0.1) is 11.4 Å². The summed E-state index contributed by atoms with van der Waals surface area (Å²) in [7, 11) is 0. The second kappa shape index (κ2) is 8.76. The minimum Gasteiger partial charge on any atom is -0.322 e. The van der Waals surface area contributed by atoms with E-state index in [9.17, 15) is 4.79 Å². The molecule has 12 heteroatoms. The summed E-state index contributed by atoms with van der Waals surface area (Å²) in [4.78, 5) is 37.3. The number of imidazole rings is 2. The number of carbonyl (C=O) groups is 1. The third kappa shape index (κ3) is 4.14. The van der Waals surface area contributed by atoms with Gasteiger partial charge < -0.3 is 10.3 Å². The van der Waals surface area contributed by atoms with Crippen molar-refractivity contribution in [2.75, 3.05) is 10.6 Å². The number of carbonyl (C=O) groups excluding carboxylic acids is 1. The maximum atomic E-state index is 12.5. The number of benzene rings is 1.